The monoisotopic (exact) mass is 538 g/mol. The number of sulfonamides is 1. The zero-order valence-corrected chi connectivity index (χ0v) is 23.3. The number of rotatable bonds is 5. The molecule has 0 unspecified atom stereocenters. The number of hydrogen-bond donors (Lipinski definition) is 2. The number of nitrogens with one attached hydrogen (secondary N) is 2. The van der Waals surface area contributed by atoms with Crippen LogP contribution in [0.15, 0.2) is 47.4 Å². The minimum Gasteiger partial charge on any atom is -0.484 e. The summed E-state index contributed by atoms with van der Waals surface area (Å²) >= 11 is 0. The van der Waals surface area contributed by atoms with Crippen LogP contribution in [0.25, 0.3) is 11.3 Å². The largest absolute Gasteiger partial charge is 0.484 e. The molecule has 1 aromatic heterocycles. The van der Waals surface area contributed by atoms with Gasteiger partial charge < -0.3 is 14.8 Å². The lowest BCUT2D eigenvalue weighted by Crippen LogP contribution is -2.40. The minimum atomic E-state index is -4.12. The molecule has 0 fully saturated rings. The predicted molar refractivity (Wildman–Crippen MR) is 146 cm³/mol. The molecule has 0 saturated heterocycles. The number of aromatic nitrogens is 2. The Morgan fingerprint density at radius 1 is 1.05 bits per heavy atom. The van der Waals surface area contributed by atoms with Gasteiger partial charge in [0, 0.05) is 11.1 Å². The van der Waals surface area contributed by atoms with Crippen LogP contribution in [0.2, 0.25) is 0 Å². The van der Waals surface area contributed by atoms with Gasteiger partial charge in [-0.1, -0.05) is 38.1 Å². The highest BCUT2D eigenvalue weighted by molar-refractivity contribution is 7.92. The van der Waals surface area contributed by atoms with Gasteiger partial charge in [-0.3, -0.25) is 4.79 Å². The summed E-state index contributed by atoms with van der Waals surface area (Å²) in [6.07, 6.45) is 0.408. The Balaban J connectivity index is 1.96. The zero-order chi connectivity index (χ0) is 27.6. The summed E-state index contributed by atoms with van der Waals surface area (Å²) in [5.74, 6) is 0.134. The molecule has 4 bridgehead atoms. The zero-order valence-electron chi connectivity index (χ0n) is 22.5. The molecule has 38 heavy (non-hydrogen) atoms. The Hall–Kier alpha value is -3.66. The van der Waals surface area contributed by atoms with Crippen molar-refractivity contribution in [2.24, 2.45) is 5.92 Å². The molecule has 2 N–H and O–H groups in total. The number of anilines is 1. The SMILES string of the molecule is Cc1cccc(C)c1-c1nc2nc(c1OC(C)C)OC[C@@H](CC(C)C)NC(=O)c1cccc(c1)S(=O)(=O)N2. The van der Waals surface area contributed by atoms with Crippen molar-refractivity contribution in [1.82, 2.24) is 15.3 Å². The average molecular weight is 539 g/mol. The van der Waals surface area contributed by atoms with Crippen molar-refractivity contribution < 1.29 is 22.7 Å². The Morgan fingerprint density at radius 3 is 2.39 bits per heavy atom. The molecule has 4 rings (SSSR count). The van der Waals surface area contributed by atoms with Crippen LogP contribution >= 0.6 is 0 Å². The quantitative estimate of drug-likeness (QED) is 0.475. The van der Waals surface area contributed by atoms with E-state index in [2.05, 4.69) is 33.9 Å². The van der Waals surface area contributed by atoms with Crippen LogP contribution in [0.1, 0.15) is 55.6 Å². The summed E-state index contributed by atoms with van der Waals surface area (Å²) in [6.45, 7) is 11.9. The second-order valence-corrected chi connectivity index (χ2v) is 11.9. The lowest BCUT2D eigenvalue weighted by atomic mass is 9.99. The van der Waals surface area contributed by atoms with Crippen LogP contribution in [0.5, 0.6) is 11.6 Å². The standard InChI is InChI=1S/C28H34N4O5S/c1-16(2)13-21-15-36-27-25(37-17(3)4)24(23-18(5)9-7-10-19(23)6)30-28(31-27)32-38(34,35)22-12-8-11-20(14-22)26(33)29-21/h7-12,14,16-17,21H,13,15H2,1-6H3,(H,29,33)(H,30,31,32)/t21-/m1/s1. The molecule has 0 spiro atoms. The van der Waals surface area contributed by atoms with E-state index in [1.54, 1.807) is 6.07 Å². The van der Waals surface area contributed by atoms with Crippen molar-refractivity contribution in [1.29, 1.82) is 0 Å². The van der Waals surface area contributed by atoms with Crippen molar-refractivity contribution in [3.05, 3.63) is 59.2 Å². The van der Waals surface area contributed by atoms with Crippen LogP contribution in [-0.2, 0) is 10.0 Å². The molecule has 1 atom stereocenters. The number of aryl methyl sites for hydroxylation is 2. The molecule has 10 heteroatoms. The van der Waals surface area contributed by atoms with E-state index < -0.39 is 10.0 Å². The van der Waals surface area contributed by atoms with Gasteiger partial charge in [0.2, 0.25) is 11.7 Å². The first-order valence-corrected chi connectivity index (χ1v) is 14.1. The molecule has 1 aliphatic heterocycles. The molecule has 1 amide bonds. The number of amides is 1. The summed E-state index contributed by atoms with van der Waals surface area (Å²) in [6, 6.07) is 11.4. The molecular weight excluding hydrogens is 504 g/mol. The average Bonchev–Trinajstić information content (AvgIpc) is 2.83. The highest BCUT2D eigenvalue weighted by atomic mass is 32.2. The fourth-order valence-corrected chi connectivity index (χ4v) is 5.43. The van der Waals surface area contributed by atoms with Crippen molar-refractivity contribution in [2.75, 3.05) is 11.3 Å². The maximum absolute atomic E-state index is 13.3. The second-order valence-electron chi connectivity index (χ2n) is 10.2. The number of ether oxygens (including phenoxy) is 2. The number of nitrogens with zero attached hydrogens (tertiary/aromatic N) is 2. The molecule has 0 radical (unpaired) electrons. The predicted octanol–water partition coefficient (Wildman–Crippen LogP) is 4.89. The summed E-state index contributed by atoms with van der Waals surface area (Å²) < 4.78 is 41.5. The van der Waals surface area contributed by atoms with Gasteiger partial charge in [-0.05, 0) is 69.4 Å². The Bertz CT molecular complexity index is 1430. The van der Waals surface area contributed by atoms with Crippen LogP contribution in [-0.4, -0.2) is 43.0 Å². The fraction of sp³-hybridized carbons (Fsp3) is 0.393. The normalized spacial score (nSPS) is 16.9. The Labute approximate surface area is 224 Å². The minimum absolute atomic E-state index is 0.0768. The van der Waals surface area contributed by atoms with Gasteiger partial charge in [0.15, 0.2) is 0 Å². The van der Waals surface area contributed by atoms with Gasteiger partial charge in [0.05, 0.1) is 17.0 Å². The van der Waals surface area contributed by atoms with E-state index in [0.29, 0.717) is 17.9 Å². The van der Waals surface area contributed by atoms with E-state index in [-0.39, 0.29) is 52.9 Å². The number of hydrogen-bond acceptors (Lipinski definition) is 7. The Morgan fingerprint density at radius 2 is 1.74 bits per heavy atom. The highest BCUT2D eigenvalue weighted by Crippen LogP contribution is 2.40. The van der Waals surface area contributed by atoms with Crippen LogP contribution < -0.4 is 19.5 Å². The summed E-state index contributed by atoms with van der Waals surface area (Å²) in [4.78, 5) is 22.1. The van der Waals surface area contributed by atoms with Gasteiger partial charge in [-0.2, -0.15) is 4.98 Å². The fourth-order valence-electron chi connectivity index (χ4n) is 4.44. The number of benzene rings is 2. The van der Waals surface area contributed by atoms with Crippen LogP contribution in [0, 0.1) is 19.8 Å². The first kappa shape index (κ1) is 27.4. The smallest absolute Gasteiger partial charge is 0.264 e. The molecule has 2 aromatic carbocycles. The second kappa shape index (κ2) is 11.0. The first-order chi connectivity index (χ1) is 17.9. The molecule has 1 aliphatic rings. The van der Waals surface area contributed by atoms with Gasteiger partial charge in [0.1, 0.15) is 12.3 Å². The molecule has 0 aliphatic carbocycles. The van der Waals surface area contributed by atoms with Crippen molar-refractivity contribution >= 4 is 21.9 Å². The van der Waals surface area contributed by atoms with Crippen LogP contribution in [0.3, 0.4) is 0 Å². The molecule has 3 aromatic rings. The summed E-state index contributed by atoms with van der Waals surface area (Å²) in [5, 5.41) is 2.99. The number of carbonyl (C=O) groups is 1. The van der Waals surface area contributed by atoms with Gasteiger partial charge in [-0.25, -0.2) is 18.1 Å². The molecule has 0 saturated carbocycles. The van der Waals surface area contributed by atoms with Crippen molar-refractivity contribution in [2.45, 2.75) is 65.0 Å². The molecule has 2 heterocycles. The van der Waals surface area contributed by atoms with Crippen molar-refractivity contribution in [3.8, 4) is 22.9 Å². The maximum atomic E-state index is 13.3. The van der Waals surface area contributed by atoms with E-state index >= 15 is 0 Å². The molecule has 202 valence electrons. The van der Waals surface area contributed by atoms with E-state index in [9.17, 15) is 13.2 Å². The van der Waals surface area contributed by atoms with Crippen LogP contribution in [0.4, 0.5) is 5.95 Å². The van der Waals surface area contributed by atoms with E-state index in [4.69, 9.17) is 9.47 Å². The highest BCUT2D eigenvalue weighted by Gasteiger charge is 2.27. The topological polar surface area (TPSA) is 120 Å². The Kier molecular flexibility index (Phi) is 7.91. The van der Waals surface area contributed by atoms with E-state index in [1.807, 2.05) is 45.9 Å². The van der Waals surface area contributed by atoms with Gasteiger partial charge in [0.25, 0.3) is 21.8 Å². The van der Waals surface area contributed by atoms with E-state index in [0.717, 1.165) is 16.7 Å². The number of fused-ring (bicyclic) bond motifs is 4. The van der Waals surface area contributed by atoms with Gasteiger partial charge in [-0.15, -0.1) is 0 Å². The lowest BCUT2D eigenvalue weighted by Gasteiger charge is -2.23. The summed E-state index contributed by atoms with van der Waals surface area (Å²) in [5.41, 5.74) is 3.33. The summed E-state index contributed by atoms with van der Waals surface area (Å²) in [7, 11) is -4.12. The third-order valence-corrected chi connectivity index (χ3v) is 7.38. The maximum Gasteiger partial charge on any atom is 0.264 e. The third-order valence-electron chi connectivity index (χ3n) is 6.05. The molecular formula is C28H34N4O5S. The van der Waals surface area contributed by atoms with Gasteiger partial charge >= 0.3 is 0 Å². The van der Waals surface area contributed by atoms with E-state index in [1.165, 1.54) is 18.2 Å². The molecule has 9 nitrogen and oxygen atoms in total. The lowest BCUT2D eigenvalue weighted by molar-refractivity contribution is 0.0911. The third kappa shape index (κ3) is 6.07. The first-order valence-electron chi connectivity index (χ1n) is 12.7. The van der Waals surface area contributed by atoms with Crippen molar-refractivity contribution in [3.63, 3.8) is 0 Å². The number of carbonyl (C=O) groups excluding carboxylic acids is 1.